The van der Waals surface area contributed by atoms with Crippen molar-refractivity contribution in [3.8, 4) is 10.9 Å². The molecule has 0 amide bonds. The van der Waals surface area contributed by atoms with Crippen LogP contribution in [0.3, 0.4) is 0 Å². The van der Waals surface area contributed by atoms with E-state index in [4.69, 9.17) is 9.84 Å². The maximum atomic E-state index is 8.90. The van der Waals surface area contributed by atoms with E-state index in [1.54, 1.807) is 6.20 Å². The molecule has 2 heterocycles. The maximum Gasteiger partial charge on any atom is 0.299 e. The SMILES string of the molecule is OCc1nnc(Oc2cnc3ccccc3c2)s1. The predicted molar refractivity (Wildman–Crippen MR) is 67.6 cm³/mol. The third-order valence-electron chi connectivity index (χ3n) is 2.35. The Hall–Kier alpha value is -2.05. The van der Waals surface area contributed by atoms with Gasteiger partial charge in [-0.2, -0.15) is 0 Å². The fourth-order valence-corrected chi connectivity index (χ4v) is 2.12. The highest BCUT2D eigenvalue weighted by molar-refractivity contribution is 7.13. The summed E-state index contributed by atoms with van der Waals surface area (Å²) < 4.78 is 5.54. The zero-order chi connectivity index (χ0) is 12.4. The maximum absolute atomic E-state index is 8.90. The number of para-hydroxylation sites is 1. The molecule has 0 spiro atoms. The molecule has 0 aliphatic heterocycles. The van der Waals surface area contributed by atoms with Crippen LogP contribution in [0.5, 0.6) is 10.9 Å². The first-order valence-corrected chi connectivity index (χ1v) is 6.13. The molecule has 5 nitrogen and oxygen atoms in total. The molecule has 18 heavy (non-hydrogen) atoms. The van der Waals surface area contributed by atoms with Crippen LogP contribution in [0.1, 0.15) is 5.01 Å². The lowest BCUT2D eigenvalue weighted by atomic mass is 10.2. The van der Waals surface area contributed by atoms with Gasteiger partial charge in [0.2, 0.25) is 0 Å². The van der Waals surface area contributed by atoms with Crippen LogP contribution < -0.4 is 4.74 Å². The van der Waals surface area contributed by atoms with E-state index in [-0.39, 0.29) is 6.61 Å². The van der Waals surface area contributed by atoms with Crippen molar-refractivity contribution in [2.45, 2.75) is 6.61 Å². The molecule has 1 aromatic carbocycles. The molecule has 6 heteroatoms. The largest absolute Gasteiger partial charge is 0.428 e. The molecule has 90 valence electrons. The molecule has 0 fully saturated rings. The number of nitrogens with zero attached hydrogens (tertiary/aromatic N) is 3. The molecule has 2 aromatic heterocycles. The molecule has 0 unspecified atom stereocenters. The second-order valence-electron chi connectivity index (χ2n) is 3.59. The summed E-state index contributed by atoms with van der Waals surface area (Å²) in [7, 11) is 0. The van der Waals surface area contributed by atoms with Crippen LogP contribution in [0.25, 0.3) is 10.9 Å². The van der Waals surface area contributed by atoms with Gasteiger partial charge in [-0.3, -0.25) is 4.98 Å². The predicted octanol–water partition coefficient (Wildman–Crippen LogP) is 2.37. The van der Waals surface area contributed by atoms with Gasteiger partial charge in [0, 0.05) is 5.39 Å². The quantitative estimate of drug-likeness (QED) is 0.782. The number of aliphatic hydroxyl groups is 1. The standard InChI is InChI=1S/C12H9N3O2S/c16-7-11-14-15-12(18-11)17-9-5-8-3-1-2-4-10(8)13-6-9/h1-6,16H,7H2. The van der Waals surface area contributed by atoms with Gasteiger partial charge in [-0.05, 0) is 12.1 Å². The molecule has 0 aliphatic rings. The van der Waals surface area contributed by atoms with Gasteiger partial charge >= 0.3 is 0 Å². The molecule has 0 radical (unpaired) electrons. The minimum absolute atomic E-state index is 0.128. The summed E-state index contributed by atoms with van der Waals surface area (Å²) in [5.41, 5.74) is 0.915. The average Bonchev–Trinajstić information content (AvgIpc) is 2.86. The third kappa shape index (κ3) is 2.15. The summed E-state index contributed by atoms with van der Waals surface area (Å²) in [4.78, 5) is 4.29. The highest BCUT2D eigenvalue weighted by Gasteiger charge is 2.06. The summed E-state index contributed by atoms with van der Waals surface area (Å²) in [5, 5.41) is 18.4. The third-order valence-corrected chi connectivity index (χ3v) is 3.14. The first-order chi connectivity index (χ1) is 8.85. The molecule has 0 atom stereocenters. The minimum Gasteiger partial charge on any atom is -0.428 e. The molecule has 0 saturated carbocycles. The van der Waals surface area contributed by atoms with Crippen molar-refractivity contribution < 1.29 is 9.84 Å². The van der Waals surface area contributed by atoms with Crippen LogP contribution in [-0.4, -0.2) is 20.3 Å². The number of ether oxygens (including phenoxy) is 1. The van der Waals surface area contributed by atoms with E-state index in [1.165, 1.54) is 11.3 Å². The molecule has 0 aliphatic carbocycles. The lowest BCUT2D eigenvalue weighted by molar-refractivity contribution is 0.280. The lowest BCUT2D eigenvalue weighted by Gasteiger charge is -2.02. The topological polar surface area (TPSA) is 68.1 Å². The number of benzene rings is 1. The number of aromatic nitrogens is 3. The Kier molecular flexibility index (Phi) is 2.87. The number of rotatable bonds is 3. The molecular formula is C12H9N3O2S. The summed E-state index contributed by atoms with van der Waals surface area (Å²) in [6.07, 6.45) is 1.64. The van der Waals surface area contributed by atoms with Crippen LogP contribution in [0.15, 0.2) is 36.5 Å². The molecule has 0 bridgehead atoms. The van der Waals surface area contributed by atoms with E-state index in [2.05, 4.69) is 15.2 Å². The normalized spacial score (nSPS) is 10.7. The smallest absolute Gasteiger partial charge is 0.299 e. The number of fused-ring (bicyclic) bond motifs is 1. The van der Waals surface area contributed by atoms with Crippen molar-refractivity contribution in [3.05, 3.63) is 41.5 Å². The van der Waals surface area contributed by atoms with Crippen LogP contribution in [0, 0.1) is 0 Å². The monoisotopic (exact) mass is 259 g/mol. The highest BCUT2D eigenvalue weighted by Crippen LogP contribution is 2.26. The number of hydrogen-bond acceptors (Lipinski definition) is 6. The van der Waals surface area contributed by atoms with Crippen LogP contribution in [0.4, 0.5) is 0 Å². The van der Waals surface area contributed by atoms with Gasteiger partial charge < -0.3 is 9.84 Å². The fraction of sp³-hybridized carbons (Fsp3) is 0.0833. The Balaban J connectivity index is 1.90. The zero-order valence-electron chi connectivity index (χ0n) is 9.28. The second-order valence-corrected chi connectivity index (χ2v) is 4.61. The number of hydrogen-bond donors (Lipinski definition) is 1. The van der Waals surface area contributed by atoms with E-state index < -0.39 is 0 Å². The lowest BCUT2D eigenvalue weighted by Crippen LogP contribution is -1.85. The Labute approximate surface area is 107 Å². The van der Waals surface area contributed by atoms with Crippen molar-refractivity contribution in [1.29, 1.82) is 0 Å². The van der Waals surface area contributed by atoms with Gasteiger partial charge in [-0.1, -0.05) is 34.6 Å². The Morgan fingerprint density at radius 3 is 2.94 bits per heavy atom. The van der Waals surface area contributed by atoms with E-state index in [1.807, 2.05) is 30.3 Å². The van der Waals surface area contributed by atoms with Crippen LogP contribution >= 0.6 is 11.3 Å². The first-order valence-electron chi connectivity index (χ1n) is 5.31. The van der Waals surface area contributed by atoms with E-state index in [0.717, 1.165) is 10.9 Å². The van der Waals surface area contributed by atoms with Crippen molar-refractivity contribution >= 4 is 22.2 Å². The fourth-order valence-electron chi connectivity index (χ4n) is 1.55. The highest BCUT2D eigenvalue weighted by atomic mass is 32.1. The average molecular weight is 259 g/mol. The van der Waals surface area contributed by atoms with Crippen molar-refractivity contribution in [2.24, 2.45) is 0 Å². The summed E-state index contributed by atoms with van der Waals surface area (Å²) in [6.45, 7) is -0.128. The van der Waals surface area contributed by atoms with E-state index in [0.29, 0.717) is 16.0 Å². The van der Waals surface area contributed by atoms with Gasteiger partial charge in [0.05, 0.1) is 18.3 Å². The van der Waals surface area contributed by atoms with E-state index >= 15 is 0 Å². The van der Waals surface area contributed by atoms with Gasteiger partial charge in [0.25, 0.3) is 5.19 Å². The molecule has 3 aromatic rings. The minimum atomic E-state index is -0.128. The van der Waals surface area contributed by atoms with Crippen molar-refractivity contribution in [3.63, 3.8) is 0 Å². The summed E-state index contributed by atoms with van der Waals surface area (Å²) in [5.74, 6) is 0.606. The van der Waals surface area contributed by atoms with Crippen molar-refractivity contribution in [2.75, 3.05) is 0 Å². The number of aliphatic hydroxyl groups excluding tert-OH is 1. The van der Waals surface area contributed by atoms with Gasteiger partial charge in [-0.25, -0.2) is 0 Å². The molecule has 1 N–H and O–H groups in total. The molecule has 3 rings (SSSR count). The Morgan fingerprint density at radius 1 is 1.22 bits per heavy atom. The Bertz CT molecular complexity index is 684. The first kappa shape index (κ1) is 11.1. The molecular weight excluding hydrogens is 250 g/mol. The zero-order valence-corrected chi connectivity index (χ0v) is 10.1. The Morgan fingerprint density at radius 2 is 2.11 bits per heavy atom. The second kappa shape index (κ2) is 4.67. The number of pyridine rings is 1. The van der Waals surface area contributed by atoms with E-state index in [9.17, 15) is 0 Å². The van der Waals surface area contributed by atoms with Crippen molar-refractivity contribution in [1.82, 2.24) is 15.2 Å². The van der Waals surface area contributed by atoms with Crippen LogP contribution in [-0.2, 0) is 6.61 Å². The summed E-state index contributed by atoms with van der Waals surface area (Å²) in [6, 6.07) is 9.68. The van der Waals surface area contributed by atoms with Crippen LogP contribution in [0.2, 0.25) is 0 Å². The van der Waals surface area contributed by atoms with Gasteiger partial charge in [0.15, 0.2) is 0 Å². The summed E-state index contributed by atoms with van der Waals surface area (Å²) >= 11 is 1.21. The van der Waals surface area contributed by atoms with Gasteiger partial charge in [-0.15, -0.1) is 5.10 Å². The molecule has 0 saturated heterocycles. The van der Waals surface area contributed by atoms with Gasteiger partial charge in [0.1, 0.15) is 10.8 Å².